The molecule has 0 radical (unpaired) electrons. The molecule has 0 fully saturated rings. The third kappa shape index (κ3) is 4.35. The molecule has 23 heavy (non-hydrogen) atoms. The van der Waals surface area contributed by atoms with Gasteiger partial charge >= 0.3 is 5.97 Å². The molecule has 0 spiro atoms. The molecule has 3 nitrogen and oxygen atoms in total. The fraction of sp³-hybridized carbons (Fsp3) is 0.350. The number of ether oxygens (including phenoxy) is 1. The van der Waals surface area contributed by atoms with Gasteiger partial charge in [0, 0.05) is 12.5 Å². The van der Waals surface area contributed by atoms with Gasteiger partial charge in [-0.2, -0.15) is 0 Å². The lowest BCUT2D eigenvalue weighted by atomic mass is 9.97. The highest BCUT2D eigenvalue weighted by Gasteiger charge is 2.11. The van der Waals surface area contributed by atoms with Crippen LogP contribution in [0.3, 0.4) is 0 Å². The largest absolute Gasteiger partial charge is 0.507 e. The summed E-state index contributed by atoms with van der Waals surface area (Å²) in [6.07, 6.45) is 3.84. The van der Waals surface area contributed by atoms with Gasteiger partial charge in [0.25, 0.3) is 0 Å². The predicted molar refractivity (Wildman–Crippen MR) is 92.8 cm³/mol. The van der Waals surface area contributed by atoms with Gasteiger partial charge in [-0.1, -0.05) is 38.8 Å². The number of aryl methyl sites for hydroxylation is 2. The van der Waals surface area contributed by atoms with Gasteiger partial charge in [0.15, 0.2) is 0 Å². The monoisotopic (exact) mass is 312 g/mol. The van der Waals surface area contributed by atoms with Crippen LogP contribution >= 0.6 is 0 Å². The van der Waals surface area contributed by atoms with Crippen LogP contribution in [0.5, 0.6) is 11.5 Å². The molecule has 0 aromatic heterocycles. The van der Waals surface area contributed by atoms with Crippen molar-refractivity contribution in [3.63, 3.8) is 0 Å². The first-order valence-corrected chi connectivity index (χ1v) is 8.18. The summed E-state index contributed by atoms with van der Waals surface area (Å²) in [5.74, 6) is 0.558. The van der Waals surface area contributed by atoms with Crippen LogP contribution < -0.4 is 4.74 Å². The summed E-state index contributed by atoms with van der Waals surface area (Å²) in [7, 11) is 0. The summed E-state index contributed by atoms with van der Waals surface area (Å²) in [4.78, 5) is 11.2. The van der Waals surface area contributed by atoms with Gasteiger partial charge in [-0.05, 0) is 53.8 Å². The van der Waals surface area contributed by atoms with Crippen molar-refractivity contribution in [2.45, 2.75) is 46.5 Å². The van der Waals surface area contributed by atoms with E-state index in [4.69, 9.17) is 4.74 Å². The van der Waals surface area contributed by atoms with E-state index in [1.807, 2.05) is 30.3 Å². The summed E-state index contributed by atoms with van der Waals surface area (Å²) < 4.78 is 5.28. The SMILES string of the molecule is CCCc1ccc(O)c(-c2ccc(OC(C)=O)c(CCC)c2)c1. The molecule has 0 aliphatic heterocycles. The molecule has 2 aromatic carbocycles. The number of hydrogen-bond donors (Lipinski definition) is 1. The molecule has 0 aliphatic carbocycles. The lowest BCUT2D eigenvalue weighted by Gasteiger charge is -2.13. The Morgan fingerprint density at radius 2 is 1.78 bits per heavy atom. The molecule has 122 valence electrons. The Hall–Kier alpha value is -2.29. The first-order chi connectivity index (χ1) is 11.0. The maximum atomic E-state index is 11.2. The van der Waals surface area contributed by atoms with Gasteiger partial charge in [-0.25, -0.2) is 0 Å². The highest BCUT2D eigenvalue weighted by Crippen LogP contribution is 2.34. The van der Waals surface area contributed by atoms with E-state index in [9.17, 15) is 9.90 Å². The maximum Gasteiger partial charge on any atom is 0.308 e. The molecule has 3 heteroatoms. The molecule has 0 atom stereocenters. The van der Waals surface area contributed by atoms with E-state index >= 15 is 0 Å². The maximum absolute atomic E-state index is 11.2. The first kappa shape index (κ1) is 17.1. The Balaban J connectivity index is 2.45. The molecule has 1 N–H and O–H groups in total. The first-order valence-electron chi connectivity index (χ1n) is 8.18. The number of rotatable bonds is 6. The summed E-state index contributed by atoms with van der Waals surface area (Å²) in [6, 6.07) is 11.5. The standard InChI is InChI=1S/C20H24O3/c1-4-6-15-8-10-19(22)18(12-15)16-9-11-20(23-14(3)21)17(13-16)7-5-2/h8-13,22H,4-7H2,1-3H3. The molecule has 0 heterocycles. The van der Waals surface area contributed by atoms with E-state index in [0.29, 0.717) is 5.75 Å². The van der Waals surface area contributed by atoms with Gasteiger partial charge in [0.1, 0.15) is 11.5 Å². The fourth-order valence-electron chi connectivity index (χ4n) is 2.72. The van der Waals surface area contributed by atoms with Crippen LogP contribution in [-0.2, 0) is 17.6 Å². The number of phenols is 1. The number of carbonyl (C=O) groups is 1. The van der Waals surface area contributed by atoms with Crippen molar-refractivity contribution >= 4 is 5.97 Å². The van der Waals surface area contributed by atoms with Crippen molar-refractivity contribution in [2.75, 3.05) is 0 Å². The Labute approximate surface area is 137 Å². The summed E-state index contributed by atoms with van der Waals surface area (Å²) >= 11 is 0. The van der Waals surface area contributed by atoms with Crippen molar-refractivity contribution in [1.82, 2.24) is 0 Å². The second-order valence-corrected chi connectivity index (χ2v) is 5.77. The van der Waals surface area contributed by atoms with Crippen LogP contribution in [0.4, 0.5) is 0 Å². The van der Waals surface area contributed by atoms with Crippen molar-refractivity contribution < 1.29 is 14.6 Å². The van der Waals surface area contributed by atoms with E-state index < -0.39 is 0 Å². The third-order valence-electron chi connectivity index (χ3n) is 3.74. The third-order valence-corrected chi connectivity index (χ3v) is 3.74. The van der Waals surface area contributed by atoms with Crippen LogP contribution in [0.1, 0.15) is 44.7 Å². The Kier molecular flexibility index (Phi) is 5.80. The lowest BCUT2D eigenvalue weighted by molar-refractivity contribution is -0.131. The zero-order valence-corrected chi connectivity index (χ0v) is 14.1. The van der Waals surface area contributed by atoms with Crippen molar-refractivity contribution in [3.8, 4) is 22.6 Å². The smallest absolute Gasteiger partial charge is 0.308 e. The van der Waals surface area contributed by atoms with Crippen molar-refractivity contribution in [2.24, 2.45) is 0 Å². The van der Waals surface area contributed by atoms with Crippen LogP contribution in [0.15, 0.2) is 36.4 Å². The second-order valence-electron chi connectivity index (χ2n) is 5.77. The summed E-state index contributed by atoms with van der Waals surface area (Å²) in [6.45, 7) is 5.63. The number of esters is 1. The lowest BCUT2D eigenvalue weighted by Crippen LogP contribution is -2.04. The quantitative estimate of drug-likeness (QED) is 0.610. The average Bonchev–Trinajstić information content (AvgIpc) is 2.51. The molecule has 0 amide bonds. The molecule has 2 aromatic rings. The van der Waals surface area contributed by atoms with Crippen LogP contribution in [-0.4, -0.2) is 11.1 Å². The van der Waals surface area contributed by atoms with E-state index in [-0.39, 0.29) is 11.7 Å². The molecule has 0 bridgehead atoms. The zero-order chi connectivity index (χ0) is 16.8. The van der Waals surface area contributed by atoms with E-state index in [1.165, 1.54) is 12.5 Å². The van der Waals surface area contributed by atoms with Gasteiger partial charge in [-0.3, -0.25) is 4.79 Å². The normalized spacial score (nSPS) is 10.6. The topological polar surface area (TPSA) is 46.5 Å². The molecular weight excluding hydrogens is 288 g/mol. The van der Waals surface area contributed by atoms with Gasteiger partial charge in [-0.15, -0.1) is 0 Å². The van der Waals surface area contributed by atoms with Crippen LogP contribution in [0, 0.1) is 0 Å². The predicted octanol–water partition coefficient (Wildman–Crippen LogP) is 4.89. The highest BCUT2D eigenvalue weighted by molar-refractivity contribution is 5.74. The van der Waals surface area contributed by atoms with Crippen molar-refractivity contribution in [1.29, 1.82) is 0 Å². The number of aromatic hydroxyl groups is 1. The molecule has 0 saturated carbocycles. The summed E-state index contributed by atoms with van der Waals surface area (Å²) in [5, 5.41) is 10.2. The van der Waals surface area contributed by atoms with E-state index in [2.05, 4.69) is 13.8 Å². The number of benzene rings is 2. The molecule has 0 saturated heterocycles. The fourth-order valence-corrected chi connectivity index (χ4v) is 2.72. The minimum atomic E-state index is -0.317. The Morgan fingerprint density at radius 3 is 2.43 bits per heavy atom. The molecular formula is C20H24O3. The Bertz CT molecular complexity index is 689. The number of hydrogen-bond acceptors (Lipinski definition) is 3. The van der Waals surface area contributed by atoms with Crippen LogP contribution in [0.2, 0.25) is 0 Å². The Morgan fingerprint density at radius 1 is 1.04 bits per heavy atom. The van der Waals surface area contributed by atoms with E-state index in [0.717, 1.165) is 42.4 Å². The second kappa shape index (κ2) is 7.82. The van der Waals surface area contributed by atoms with E-state index in [1.54, 1.807) is 6.07 Å². The molecule has 0 unspecified atom stereocenters. The van der Waals surface area contributed by atoms with Crippen LogP contribution in [0.25, 0.3) is 11.1 Å². The van der Waals surface area contributed by atoms with Gasteiger partial charge < -0.3 is 9.84 Å². The zero-order valence-electron chi connectivity index (χ0n) is 14.1. The average molecular weight is 312 g/mol. The minimum Gasteiger partial charge on any atom is -0.507 e. The molecule has 2 rings (SSSR count). The minimum absolute atomic E-state index is 0.271. The summed E-state index contributed by atoms with van der Waals surface area (Å²) in [5.41, 5.74) is 3.96. The highest BCUT2D eigenvalue weighted by atomic mass is 16.5. The van der Waals surface area contributed by atoms with Gasteiger partial charge in [0.2, 0.25) is 0 Å². The van der Waals surface area contributed by atoms with Gasteiger partial charge in [0.05, 0.1) is 0 Å². The molecule has 0 aliphatic rings. The van der Waals surface area contributed by atoms with Crippen molar-refractivity contribution in [3.05, 3.63) is 47.5 Å². The number of phenolic OH excluding ortho intramolecular Hbond substituents is 1. The number of carbonyl (C=O) groups excluding carboxylic acids is 1.